The summed E-state index contributed by atoms with van der Waals surface area (Å²) >= 11 is 5.98. The molecule has 0 atom stereocenters. The molecule has 1 aromatic heterocycles. The van der Waals surface area contributed by atoms with Gasteiger partial charge in [0.1, 0.15) is 5.75 Å². The zero-order chi connectivity index (χ0) is 19.2. The van der Waals surface area contributed by atoms with Crippen molar-refractivity contribution >= 4 is 29.7 Å². The lowest BCUT2D eigenvalue weighted by molar-refractivity contribution is 0.0734. The van der Waals surface area contributed by atoms with Gasteiger partial charge in [-0.3, -0.25) is 9.89 Å². The number of nitrogens with one attached hydrogen (secondary N) is 2. The van der Waals surface area contributed by atoms with Crippen molar-refractivity contribution in [3.8, 4) is 5.75 Å². The number of aryl methyl sites for hydroxylation is 1. The number of hydrogen-bond donors (Lipinski definition) is 2. The molecule has 0 aliphatic rings. The van der Waals surface area contributed by atoms with E-state index < -0.39 is 11.9 Å². The Morgan fingerprint density at radius 2 is 1.93 bits per heavy atom. The molecule has 27 heavy (non-hydrogen) atoms. The Balaban J connectivity index is 1.58. The number of aromatic nitrogens is 2. The number of amides is 1. The molecular formula is C19H15ClN4O3. The monoisotopic (exact) mass is 382 g/mol. The maximum atomic E-state index is 12.1. The second kappa shape index (κ2) is 8.29. The van der Waals surface area contributed by atoms with Crippen molar-refractivity contribution in [3.05, 3.63) is 82.1 Å². The highest BCUT2D eigenvalue weighted by atomic mass is 35.5. The highest BCUT2D eigenvalue weighted by molar-refractivity contribution is 6.33. The minimum atomic E-state index is -0.538. The SMILES string of the molecule is Cc1cc(C(=O)N/N=C\c2ccc(OC(=O)c3ccccc3Cl)cc2)n[nH]1. The number of esters is 1. The maximum Gasteiger partial charge on any atom is 0.345 e. The average molecular weight is 383 g/mol. The molecule has 0 unspecified atom stereocenters. The number of H-pyrrole nitrogens is 1. The summed E-state index contributed by atoms with van der Waals surface area (Å²) in [5.74, 6) is -0.586. The van der Waals surface area contributed by atoms with E-state index >= 15 is 0 Å². The molecule has 0 bridgehead atoms. The summed E-state index contributed by atoms with van der Waals surface area (Å²) in [5.41, 5.74) is 4.43. The van der Waals surface area contributed by atoms with Crippen LogP contribution in [0, 0.1) is 6.92 Å². The van der Waals surface area contributed by atoms with Crippen molar-refractivity contribution in [2.24, 2.45) is 5.10 Å². The third-order valence-corrected chi connectivity index (χ3v) is 3.83. The number of hydrogen-bond acceptors (Lipinski definition) is 5. The number of ether oxygens (including phenoxy) is 1. The van der Waals surface area contributed by atoms with Crippen molar-refractivity contribution in [1.82, 2.24) is 15.6 Å². The number of rotatable bonds is 5. The van der Waals surface area contributed by atoms with Gasteiger partial charge < -0.3 is 4.74 Å². The Labute approximate surface area is 160 Å². The average Bonchev–Trinajstić information content (AvgIpc) is 3.10. The highest BCUT2D eigenvalue weighted by Crippen LogP contribution is 2.18. The minimum absolute atomic E-state index is 0.256. The van der Waals surface area contributed by atoms with Gasteiger partial charge in [-0.15, -0.1) is 0 Å². The van der Waals surface area contributed by atoms with Crippen LogP contribution < -0.4 is 10.2 Å². The van der Waals surface area contributed by atoms with Gasteiger partial charge in [0.25, 0.3) is 5.91 Å². The van der Waals surface area contributed by atoms with Crippen LogP contribution in [0.3, 0.4) is 0 Å². The number of aromatic amines is 1. The van der Waals surface area contributed by atoms with E-state index in [4.69, 9.17) is 16.3 Å². The standard InChI is InChI=1S/C19H15ClN4O3/c1-12-10-17(23-22-12)18(25)24-21-11-13-6-8-14(9-7-13)27-19(26)15-4-2-3-5-16(15)20/h2-11H,1H3,(H,22,23)(H,24,25)/b21-11-. The van der Waals surface area contributed by atoms with E-state index in [1.807, 2.05) is 0 Å². The number of nitrogens with zero attached hydrogens (tertiary/aromatic N) is 2. The lowest BCUT2D eigenvalue weighted by Gasteiger charge is -2.05. The van der Waals surface area contributed by atoms with Crippen LogP contribution in [0.5, 0.6) is 5.75 Å². The molecule has 2 aromatic carbocycles. The Hall–Kier alpha value is -3.45. The first-order valence-electron chi connectivity index (χ1n) is 7.95. The van der Waals surface area contributed by atoms with Crippen LogP contribution in [-0.4, -0.2) is 28.3 Å². The molecule has 8 heteroatoms. The number of halogens is 1. The maximum absolute atomic E-state index is 12.1. The van der Waals surface area contributed by atoms with Gasteiger partial charge in [0.15, 0.2) is 5.69 Å². The van der Waals surface area contributed by atoms with Crippen LogP contribution in [0.15, 0.2) is 59.7 Å². The van der Waals surface area contributed by atoms with Crippen LogP contribution in [0.4, 0.5) is 0 Å². The van der Waals surface area contributed by atoms with Gasteiger partial charge in [0, 0.05) is 5.69 Å². The lowest BCUT2D eigenvalue weighted by atomic mass is 10.2. The zero-order valence-corrected chi connectivity index (χ0v) is 15.0. The number of hydrazone groups is 1. The van der Waals surface area contributed by atoms with E-state index in [-0.39, 0.29) is 5.69 Å². The van der Waals surface area contributed by atoms with Gasteiger partial charge in [-0.05, 0) is 55.0 Å². The van der Waals surface area contributed by atoms with Crippen molar-refractivity contribution in [2.75, 3.05) is 0 Å². The Morgan fingerprint density at radius 1 is 1.19 bits per heavy atom. The predicted molar refractivity (Wildman–Crippen MR) is 101 cm³/mol. The summed E-state index contributed by atoms with van der Waals surface area (Å²) < 4.78 is 5.29. The van der Waals surface area contributed by atoms with E-state index in [1.54, 1.807) is 61.5 Å². The Kier molecular flexibility index (Phi) is 5.63. The summed E-state index contributed by atoms with van der Waals surface area (Å²) in [4.78, 5) is 23.9. The molecule has 1 amide bonds. The first-order valence-corrected chi connectivity index (χ1v) is 8.33. The molecule has 0 saturated carbocycles. The van der Waals surface area contributed by atoms with Crippen molar-refractivity contribution in [1.29, 1.82) is 0 Å². The normalized spacial score (nSPS) is 10.7. The molecule has 0 fully saturated rings. The second-order valence-electron chi connectivity index (χ2n) is 5.57. The molecule has 0 aliphatic heterocycles. The fraction of sp³-hybridized carbons (Fsp3) is 0.0526. The van der Waals surface area contributed by atoms with Crippen LogP contribution in [0.1, 0.15) is 32.1 Å². The predicted octanol–water partition coefficient (Wildman–Crippen LogP) is 3.35. The molecule has 136 valence electrons. The first-order chi connectivity index (χ1) is 13.0. The smallest absolute Gasteiger partial charge is 0.345 e. The van der Waals surface area contributed by atoms with E-state index in [1.165, 1.54) is 6.21 Å². The molecule has 0 saturated heterocycles. The molecule has 2 N–H and O–H groups in total. The highest BCUT2D eigenvalue weighted by Gasteiger charge is 2.12. The van der Waals surface area contributed by atoms with Crippen LogP contribution in [-0.2, 0) is 0 Å². The summed E-state index contributed by atoms with van der Waals surface area (Å²) in [6.45, 7) is 1.80. The molecule has 7 nitrogen and oxygen atoms in total. The molecule has 0 aliphatic carbocycles. The van der Waals surface area contributed by atoms with Gasteiger partial charge in [-0.1, -0.05) is 23.7 Å². The van der Waals surface area contributed by atoms with E-state index in [9.17, 15) is 9.59 Å². The van der Waals surface area contributed by atoms with Gasteiger partial charge >= 0.3 is 5.97 Å². The fourth-order valence-corrected chi connectivity index (χ4v) is 2.38. The first kappa shape index (κ1) is 18.3. The third kappa shape index (κ3) is 4.80. The molecular weight excluding hydrogens is 368 g/mol. The van der Waals surface area contributed by atoms with Gasteiger partial charge in [-0.2, -0.15) is 10.2 Å². The molecule has 0 radical (unpaired) electrons. The van der Waals surface area contributed by atoms with Gasteiger partial charge in [0.05, 0.1) is 16.8 Å². The van der Waals surface area contributed by atoms with E-state index in [0.29, 0.717) is 21.9 Å². The van der Waals surface area contributed by atoms with Crippen molar-refractivity contribution in [3.63, 3.8) is 0 Å². The van der Waals surface area contributed by atoms with Crippen LogP contribution >= 0.6 is 11.6 Å². The lowest BCUT2D eigenvalue weighted by Crippen LogP contribution is -2.18. The summed E-state index contributed by atoms with van der Waals surface area (Å²) in [6.07, 6.45) is 1.47. The second-order valence-corrected chi connectivity index (χ2v) is 5.98. The summed E-state index contributed by atoms with van der Waals surface area (Å²) in [6, 6.07) is 14.9. The van der Waals surface area contributed by atoms with Gasteiger partial charge in [-0.25, -0.2) is 10.2 Å². The number of carbonyl (C=O) groups excluding carboxylic acids is 2. The van der Waals surface area contributed by atoms with Crippen LogP contribution in [0.2, 0.25) is 5.02 Å². The molecule has 1 heterocycles. The van der Waals surface area contributed by atoms with Crippen molar-refractivity contribution in [2.45, 2.75) is 6.92 Å². The molecule has 3 aromatic rings. The van der Waals surface area contributed by atoms with E-state index in [0.717, 1.165) is 5.69 Å². The van der Waals surface area contributed by atoms with Crippen LogP contribution in [0.25, 0.3) is 0 Å². The third-order valence-electron chi connectivity index (χ3n) is 3.50. The largest absolute Gasteiger partial charge is 0.423 e. The molecule has 3 rings (SSSR count). The van der Waals surface area contributed by atoms with E-state index in [2.05, 4.69) is 20.7 Å². The summed E-state index contributed by atoms with van der Waals surface area (Å²) in [5, 5.41) is 10.7. The molecule has 0 spiro atoms. The minimum Gasteiger partial charge on any atom is -0.423 e. The summed E-state index contributed by atoms with van der Waals surface area (Å²) in [7, 11) is 0. The quantitative estimate of drug-likeness (QED) is 0.306. The number of carbonyl (C=O) groups is 2. The van der Waals surface area contributed by atoms with Gasteiger partial charge in [0.2, 0.25) is 0 Å². The zero-order valence-electron chi connectivity index (χ0n) is 14.3. The Morgan fingerprint density at radius 3 is 2.59 bits per heavy atom. The fourth-order valence-electron chi connectivity index (χ4n) is 2.17. The Bertz CT molecular complexity index is 996. The topological polar surface area (TPSA) is 96.4 Å². The van der Waals surface area contributed by atoms with Crippen molar-refractivity contribution < 1.29 is 14.3 Å². The number of benzene rings is 2.